The van der Waals surface area contributed by atoms with Crippen LogP contribution in [0.5, 0.6) is 0 Å². The van der Waals surface area contributed by atoms with Crippen LogP contribution in [-0.4, -0.2) is 51.6 Å². The lowest BCUT2D eigenvalue weighted by Crippen LogP contribution is -2.46. The second-order valence-corrected chi connectivity index (χ2v) is 6.22. The van der Waals surface area contributed by atoms with Crippen molar-refractivity contribution in [2.45, 2.75) is 45.3 Å². The molecule has 1 aromatic rings. The molecular weight excluding hydrogens is 268 g/mol. The molecule has 6 nitrogen and oxygen atoms in total. The van der Waals surface area contributed by atoms with Gasteiger partial charge in [0.15, 0.2) is 0 Å². The number of piperidine rings is 1. The molecule has 0 spiro atoms. The van der Waals surface area contributed by atoms with Gasteiger partial charge in [-0.2, -0.15) is 0 Å². The first kappa shape index (κ1) is 14.5. The maximum atomic E-state index is 12.6. The lowest BCUT2D eigenvalue weighted by Gasteiger charge is -2.37. The van der Waals surface area contributed by atoms with E-state index in [4.69, 9.17) is 4.74 Å². The van der Waals surface area contributed by atoms with Crippen molar-refractivity contribution in [2.24, 2.45) is 11.8 Å². The van der Waals surface area contributed by atoms with Gasteiger partial charge in [-0.3, -0.25) is 9.48 Å². The summed E-state index contributed by atoms with van der Waals surface area (Å²) < 4.78 is 7.52. The number of amides is 1. The minimum atomic E-state index is 0.0608. The first-order chi connectivity index (χ1) is 10.2. The Labute approximate surface area is 125 Å². The van der Waals surface area contributed by atoms with Crippen molar-refractivity contribution < 1.29 is 9.53 Å². The fourth-order valence-corrected chi connectivity index (χ4v) is 3.41. The summed E-state index contributed by atoms with van der Waals surface area (Å²) in [5.74, 6) is 0.947. The second-order valence-electron chi connectivity index (χ2n) is 6.22. The molecule has 3 rings (SSSR count). The van der Waals surface area contributed by atoms with Crippen LogP contribution in [0.25, 0.3) is 0 Å². The molecule has 2 fully saturated rings. The van der Waals surface area contributed by atoms with Crippen LogP contribution in [0.4, 0.5) is 0 Å². The quantitative estimate of drug-likeness (QED) is 0.843. The van der Waals surface area contributed by atoms with Gasteiger partial charge in [0, 0.05) is 32.4 Å². The van der Waals surface area contributed by atoms with E-state index in [0.717, 1.165) is 51.9 Å². The minimum absolute atomic E-state index is 0.0608. The van der Waals surface area contributed by atoms with E-state index >= 15 is 0 Å². The molecule has 6 heteroatoms. The van der Waals surface area contributed by atoms with Crippen molar-refractivity contribution >= 4 is 5.91 Å². The highest BCUT2D eigenvalue weighted by Gasteiger charge is 2.33. The Kier molecular flexibility index (Phi) is 4.53. The summed E-state index contributed by atoms with van der Waals surface area (Å²) in [4.78, 5) is 14.6. The van der Waals surface area contributed by atoms with Crippen molar-refractivity contribution in [3.8, 4) is 0 Å². The molecule has 2 aliphatic heterocycles. The zero-order valence-electron chi connectivity index (χ0n) is 12.6. The van der Waals surface area contributed by atoms with Gasteiger partial charge in [0.25, 0.3) is 0 Å². The number of hydrogen-bond donors (Lipinski definition) is 0. The molecule has 0 unspecified atom stereocenters. The maximum absolute atomic E-state index is 12.6. The molecule has 21 heavy (non-hydrogen) atoms. The van der Waals surface area contributed by atoms with Crippen LogP contribution < -0.4 is 0 Å². The number of carbonyl (C=O) groups is 1. The van der Waals surface area contributed by atoms with Crippen LogP contribution in [0.3, 0.4) is 0 Å². The van der Waals surface area contributed by atoms with E-state index in [-0.39, 0.29) is 12.0 Å². The SMILES string of the molecule is C[C@H]1OCCC[C@H]1C(=O)N1CCC(Cn2ccnn2)CC1. The van der Waals surface area contributed by atoms with Crippen LogP contribution >= 0.6 is 0 Å². The molecule has 2 aliphatic rings. The van der Waals surface area contributed by atoms with Gasteiger partial charge < -0.3 is 9.64 Å². The Morgan fingerprint density at radius 2 is 2.14 bits per heavy atom. The van der Waals surface area contributed by atoms with Gasteiger partial charge in [0.05, 0.1) is 18.2 Å². The van der Waals surface area contributed by atoms with Crippen molar-refractivity contribution in [3.63, 3.8) is 0 Å². The molecule has 0 aliphatic carbocycles. The van der Waals surface area contributed by atoms with E-state index in [9.17, 15) is 4.79 Å². The first-order valence-electron chi connectivity index (χ1n) is 7.98. The van der Waals surface area contributed by atoms with Gasteiger partial charge in [0.1, 0.15) is 0 Å². The zero-order valence-corrected chi connectivity index (χ0v) is 12.6. The topological polar surface area (TPSA) is 60.2 Å². The largest absolute Gasteiger partial charge is 0.378 e. The fourth-order valence-electron chi connectivity index (χ4n) is 3.41. The second kappa shape index (κ2) is 6.56. The Morgan fingerprint density at radius 1 is 1.33 bits per heavy atom. The Balaban J connectivity index is 1.49. The summed E-state index contributed by atoms with van der Waals surface area (Å²) in [6.07, 6.45) is 7.75. The Hall–Kier alpha value is -1.43. The number of aromatic nitrogens is 3. The molecule has 0 radical (unpaired) electrons. The van der Waals surface area contributed by atoms with Gasteiger partial charge in [-0.1, -0.05) is 5.21 Å². The Morgan fingerprint density at radius 3 is 2.81 bits per heavy atom. The number of likely N-dealkylation sites (tertiary alicyclic amines) is 1. The maximum Gasteiger partial charge on any atom is 0.228 e. The summed E-state index contributed by atoms with van der Waals surface area (Å²) >= 11 is 0. The summed E-state index contributed by atoms with van der Waals surface area (Å²) in [5.41, 5.74) is 0. The molecule has 1 amide bonds. The molecule has 116 valence electrons. The summed E-state index contributed by atoms with van der Waals surface area (Å²) in [5, 5.41) is 7.85. The number of ether oxygens (including phenoxy) is 1. The molecule has 1 aromatic heterocycles. The molecular formula is C15H24N4O2. The van der Waals surface area contributed by atoms with Crippen LogP contribution in [0, 0.1) is 11.8 Å². The monoisotopic (exact) mass is 292 g/mol. The van der Waals surface area contributed by atoms with E-state index in [1.807, 2.05) is 22.7 Å². The van der Waals surface area contributed by atoms with Crippen LogP contribution in [0.2, 0.25) is 0 Å². The van der Waals surface area contributed by atoms with Crippen molar-refractivity contribution in [1.29, 1.82) is 0 Å². The van der Waals surface area contributed by atoms with Crippen LogP contribution in [0.15, 0.2) is 12.4 Å². The molecule has 0 aromatic carbocycles. The van der Waals surface area contributed by atoms with Gasteiger partial charge in [-0.25, -0.2) is 0 Å². The van der Waals surface area contributed by atoms with E-state index in [0.29, 0.717) is 11.8 Å². The lowest BCUT2D eigenvalue weighted by molar-refractivity contribution is -0.145. The van der Waals surface area contributed by atoms with E-state index in [2.05, 4.69) is 10.3 Å². The van der Waals surface area contributed by atoms with Crippen molar-refractivity contribution in [3.05, 3.63) is 12.4 Å². The summed E-state index contributed by atoms with van der Waals surface area (Å²) in [6.45, 7) is 5.46. The van der Waals surface area contributed by atoms with E-state index < -0.39 is 0 Å². The summed E-state index contributed by atoms with van der Waals surface area (Å²) in [6, 6.07) is 0. The average molecular weight is 292 g/mol. The van der Waals surface area contributed by atoms with Gasteiger partial charge >= 0.3 is 0 Å². The first-order valence-corrected chi connectivity index (χ1v) is 7.98. The number of carbonyl (C=O) groups excluding carboxylic acids is 1. The lowest BCUT2D eigenvalue weighted by atomic mass is 9.91. The smallest absolute Gasteiger partial charge is 0.228 e. The molecule has 2 saturated heterocycles. The van der Waals surface area contributed by atoms with E-state index in [1.54, 1.807) is 6.20 Å². The highest BCUT2D eigenvalue weighted by molar-refractivity contribution is 5.79. The minimum Gasteiger partial charge on any atom is -0.378 e. The Bertz CT molecular complexity index is 454. The van der Waals surface area contributed by atoms with Crippen molar-refractivity contribution in [2.75, 3.05) is 19.7 Å². The number of nitrogens with zero attached hydrogens (tertiary/aromatic N) is 4. The predicted octanol–water partition coefficient (Wildman–Crippen LogP) is 1.33. The molecule has 2 atom stereocenters. The third-order valence-electron chi connectivity index (χ3n) is 4.77. The molecule has 0 bridgehead atoms. The van der Waals surface area contributed by atoms with Gasteiger partial charge in [-0.15, -0.1) is 5.10 Å². The normalized spacial score (nSPS) is 27.8. The number of rotatable bonds is 3. The third-order valence-corrected chi connectivity index (χ3v) is 4.77. The predicted molar refractivity (Wildman–Crippen MR) is 77.5 cm³/mol. The highest BCUT2D eigenvalue weighted by atomic mass is 16.5. The summed E-state index contributed by atoms with van der Waals surface area (Å²) in [7, 11) is 0. The number of hydrogen-bond acceptors (Lipinski definition) is 4. The van der Waals surface area contributed by atoms with Gasteiger partial charge in [0.2, 0.25) is 5.91 Å². The van der Waals surface area contributed by atoms with Crippen LogP contribution in [0.1, 0.15) is 32.6 Å². The average Bonchev–Trinajstić information content (AvgIpc) is 3.01. The fraction of sp³-hybridized carbons (Fsp3) is 0.800. The molecule has 0 saturated carbocycles. The van der Waals surface area contributed by atoms with Gasteiger partial charge in [-0.05, 0) is 38.5 Å². The van der Waals surface area contributed by atoms with E-state index in [1.165, 1.54) is 0 Å². The third kappa shape index (κ3) is 3.43. The standard InChI is InChI=1S/C15H24N4O2/c1-12-14(3-2-10-21-12)15(20)18-7-4-13(5-8-18)11-19-9-6-16-17-19/h6,9,12-14H,2-5,7-8,10-11H2,1H3/t12-,14-/m1/s1. The molecule has 3 heterocycles. The molecule has 0 N–H and O–H groups in total. The van der Waals surface area contributed by atoms with Crippen molar-refractivity contribution in [1.82, 2.24) is 19.9 Å². The highest BCUT2D eigenvalue weighted by Crippen LogP contribution is 2.26. The zero-order chi connectivity index (χ0) is 14.7. The van der Waals surface area contributed by atoms with Crippen LogP contribution in [-0.2, 0) is 16.1 Å².